The van der Waals surface area contributed by atoms with Crippen LogP contribution < -0.4 is 10.2 Å². The lowest BCUT2D eigenvalue weighted by atomic mass is 10.1. The molecule has 0 spiro atoms. The number of nitrogens with one attached hydrogen (secondary N) is 1. The van der Waals surface area contributed by atoms with Crippen LogP contribution in [-0.4, -0.2) is 61.4 Å². The van der Waals surface area contributed by atoms with Crippen molar-refractivity contribution in [3.63, 3.8) is 0 Å². The van der Waals surface area contributed by atoms with Gasteiger partial charge in [-0.05, 0) is 13.8 Å². The predicted molar refractivity (Wildman–Crippen MR) is 82.5 cm³/mol. The molecule has 0 saturated carbocycles. The fourth-order valence-electron chi connectivity index (χ4n) is 2.79. The van der Waals surface area contributed by atoms with Crippen LogP contribution in [0.2, 0.25) is 0 Å². The fraction of sp³-hybridized carbons (Fsp3) is 0.786. The number of piperazine rings is 1. The fourth-order valence-corrected chi connectivity index (χ4v) is 3.78. The summed E-state index contributed by atoms with van der Waals surface area (Å²) in [6.07, 6.45) is 2.05. The first kappa shape index (κ1) is 14.3. The number of hydrogen-bond acceptors (Lipinski definition) is 6. The Labute approximate surface area is 124 Å². The van der Waals surface area contributed by atoms with Crippen molar-refractivity contribution in [2.75, 3.05) is 44.3 Å². The molecule has 2 unspecified atom stereocenters. The van der Waals surface area contributed by atoms with Crippen LogP contribution in [0.4, 0.5) is 5.13 Å². The van der Waals surface area contributed by atoms with Gasteiger partial charge in [-0.2, -0.15) is 0 Å². The van der Waals surface area contributed by atoms with Crippen molar-refractivity contribution < 1.29 is 4.74 Å². The van der Waals surface area contributed by atoms with E-state index < -0.39 is 0 Å². The predicted octanol–water partition coefficient (Wildman–Crippen LogP) is 1.16. The van der Waals surface area contributed by atoms with E-state index in [9.17, 15) is 0 Å². The molecule has 20 heavy (non-hydrogen) atoms. The van der Waals surface area contributed by atoms with Crippen LogP contribution in [0.25, 0.3) is 0 Å². The molecular formula is C14H24N4OS. The van der Waals surface area contributed by atoms with E-state index in [0.29, 0.717) is 12.1 Å². The second kappa shape index (κ2) is 6.39. The third-order valence-corrected chi connectivity index (χ3v) is 5.12. The van der Waals surface area contributed by atoms with Crippen LogP contribution in [0.5, 0.6) is 0 Å². The van der Waals surface area contributed by atoms with Gasteiger partial charge in [0.15, 0.2) is 5.13 Å². The molecule has 0 aromatic carbocycles. The van der Waals surface area contributed by atoms with E-state index in [-0.39, 0.29) is 0 Å². The van der Waals surface area contributed by atoms with E-state index in [1.165, 1.54) is 4.88 Å². The number of thiazole rings is 1. The number of anilines is 1. The van der Waals surface area contributed by atoms with Gasteiger partial charge in [0.05, 0.1) is 13.2 Å². The van der Waals surface area contributed by atoms with Crippen molar-refractivity contribution in [3.05, 3.63) is 11.1 Å². The lowest BCUT2D eigenvalue weighted by Crippen LogP contribution is -2.53. The lowest BCUT2D eigenvalue weighted by Gasteiger charge is -2.37. The maximum Gasteiger partial charge on any atom is 0.185 e. The number of nitrogens with zero attached hydrogens (tertiary/aromatic N) is 3. The maximum atomic E-state index is 5.40. The van der Waals surface area contributed by atoms with Crippen LogP contribution in [0, 0.1) is 0 Å². The van der Waals surface area contributed by atoms with E-state index in [4.69, 9.17) is 4.74 Å². The molecule has 112 valence electrons. The minimum atomic E-state index is 0.581. The van der Waals surface area contributed by atoms with Gasteiger partial charge in [0.1, 0.15) is 0 Å². The van der Waals surface area contributed by atoms with Gasteiger partial charge in [-0.3, -0.25) is 4.90 Å². The van der Waals surface area contributed by atoms with Gasteiger partial charge in [0.25, 0.3) is 0 Å². The second-order valence-corrected chi connectivity index (χ2v) is 6.89. The van der Waals surface area contributed by atoms with Gasteiger partial charge < -0.3 is 15.0 Å². The molecular weight excluding hydrogens is 272 g/mol. The number of rotatable bonds is 3. The molecule has 2 saturated heterocycles. The maximum absolute atomic E-state index is 5.40. The average Bonchev–Trinajstić information content (AvgIpc) is 2.92. The summed E-state index contributed by atoms with van der Waals surface area (Å²) < 4.78 is 5.40. The summed E-state index contributed by atoms with van der Waals surface area (Å²) in [5.41, 5.74) is 0. The van der Waals surface area contributed by atoms with Crippen molar-refractivity contribution >= 4 is 16.5 Å². The number of morpholine rings is 1. The van der Waals surface area contributed by atoms with E-state index in [1.54, 1.807) is 0 Å². The Morgan fingerprint density at radius 1 is 1.40 bits per heavy atom. The third kappa shape index (κ3) is 3.31. The van der Waals surface area contributed by atoms with Gasteiger partial charge >= 0.3 is 0 Å². The Hall–Kier alpha value is -0.690. The van der Waals surface area contributed by atoms with Crippen LogP contribution in [-0.2, 0) is 11.3 Å². The van der Waals surface area contributed by atoms with E-state index in [1.807, 2.05) is 11.3 Å². The smallest absolute Gasteiger partial charge is 0.185 e. The van der Waals surface area contributed by atoms with Crippen molar-refractivity contribution in [2.24, 2.45) is 0 Å². The summed E-state index contributed by atoms with van der Waals surface area (Å²) in [6, 6.07) is 1.18. The Kier molecular flexibility index (Phi) is 4.55. The van der Waals surface area contributed by atoms with Gasteiger partial charge in [-0.15, -0.1) is 11.3 Å². The van der Waals surface area contributed by atoms with Crippen LogP contribution in [0.3, 0.4) is 0 Å². The molecule has 5 nitrogen and oxygen atoms in total. The molecule has 0 radical (unpaired) electrons. The molecule has 6 heteroatoms. The Balaban J connectivity index is 1.61. The highest BCUT2D eigenvalue weighted by Crippen LogP contribution is 2.25. The number of ether oxygens (including phenoxy) is 1. The Morgan fingerprint density at radius 2 is 2.20 bits per heavy atom. The zero-order chi connectivity index (χ0) is 13.9. The second-order valence-electron chi connectivity index (χ2n) is 5.80. The summed E-state index contributed by atoms with van der Waals surface area (Å²) in [5, 5.41) is 4.68. The molecule has 3 heterocycles. The molecule has 0 amide bonds. The molecule has 1 aromatic rings. The van der Waals surface area contributed by atoms with Crippen molar-refractivity contribution in [1.82, 2.24) is 15.2 Å². The SMILES string of the molecule is CC1CN(Cc2cnc(N3CCOCC3)s2)C(C)CN1. The first-order valence-electron chi connectivity index (χ1n) is 7.47. The van der Waals surface area contributed by atoms with Gasteiger partial charge in [-0.1, -0.05) is 0 Å². The summed E-state index contributed by atoms with van der Waals surface area (Å²) in [7, 11) is 0. The molecule has 3 rings (SSSR count). The number of aromatic nitrogens is 1. The largest absolute Gasteiger partial charge is 0.378 e. The topological polar surface area (TPSA) is 40.6 Å². The Bertz CT molecular complexity index is 433. The lowest BCUT2D eigenvalue weighted by molar-refractivity contribution is 0.122. The zero-order valence-electron chi connectivity index (χ0n) is 12.3. The molecule has 2 aliphatic rings. The highest BCUT2D eigenvalue weighted by atomic mass is 32.1. The zero-order valence-corrected chi connectivity index (χ0v) is 13.2. The van der Waals surface area contributed by atoms with Crippen molar-refractivity contribution in [3.8, 4) is 0 Å². The minimum Gasteiger partial charge on any atom is -0.378 e. The van der Waals surface area contributed by atoms with Crippen molar-refractivity contribution in [2.45, 2.75) is 32.5 Å². The minimum absolute atomic E-state index is 0.581. The summed E-state index contributed by atoms with van der Waals surface area (Å²) in [4.78, 5) is 10.9. The number of hydrogen-bond donors (Lipinski definition) is 1. The molecule has 0 aliphatic carbocycles. The van der Waals surface area contributed by atoms with E-state index >= 15 is 0 Å². The molecule has 0 bridgehead atoms. The highest BCUT2D eigenvalue weighted by molar-refractivity contribution is 7.15. The first-order valence-corrected chi connectivity index (χ1v) is 8.29. The first-order chi connectivity index (χ1) is 9.72. The molecule has 1 aromatic heterocycles. The molecule has 2 fully saturated rings. The molecule has 1 N–H and O–H groups in total. The third-order valence-electron chi connectivity index (χ3n) is 4.08. The van der Waals surface area contributed by atoms with Crippen LogP contribution >= 0.6 is 11.3 Å². The molecule has 2 aliphatic heterocycles. The van der Waals surface area contributed by atoms with Gasteiger partial charge in [0, 0.05) is 55.9 Å². The van der Waals surface area contributed by atoms with Crippen molar-refractivity contribution in [1.29, 1.82) is 0 Å². The Morgan fingerprint density at radius 3 is 3.00 bits per heavy atom. The van der Waals surface area contributed by atoms with E-state index in [2.05, 4.69) is 40.1 Å². The molecule has 2 atom stereocenters. The standard InChI is InChI=1S/C14H24N4OS/c1-11-9-18(12(2)7-15-11)10-13-8-16-14(20-13)17-3-5-19-6-4-17/h8,11-12,15H,3-7,9-10H2,1-2H3. The van der Waals surface area contributed by atoms with Gasteiger partial charge in [-0.25, -0.2) is 4.98 Å². The average molecular weight is 296 g/mol. The summed E-state index contributed by atoms with van der Waals surface area (Å²) in [6.45, 7) is 11.3. The quantitative estimate of drug-likeness (QED) is 0.906. The van der Waals surface area contributed by atoms with Crippen LogP contribution in [0.15, 0.2) is 6.20 Å². The normalized spacial score (nSPS) is 28.8. The monoisotopic (exact) mass is 296 g/mol. The summed E-state index contributed by atoms with van der Waals surface area (Å²) >= 11 is 1.83. The van der Waals surface area contributed by atoms with E-state index in [0.717, 1.165) is 51.1 Å². The van der Waals surface area contributed by atoms with Crippen LogP contribution in [0.1, 0.15) is 18.7 Å². The summed E-state index contributed by atoms with van der Waals surface area (Å²) in [5.74, 6) is 0. The van der Waals surface area contributed by atoms with Gasteiger partial charge in [0.2, 0.25) is 0 Å². The highest BCUT2D eigenvalue weighted by Gasteiger charge is 2.23.